The first-order valence-corrected chi connectivity index (χ1v) is 5.37. The van der Waals surface area contributed by atoms with E-state index in [1.807, 2.05) is 32.1 Å². The van der Waals surface area contributed by atoms with Crippen LogP contribution in [0.1, 0.15) is 6.92 Å². The Labute approximate surface area is 186 Å². The maximum Gasteiger partial charge on any atom is 0 e. The molecule has 0 atom stereocenters. The number of carbonyl (C=O) groups is 1. The van der Waals surface area contributed by atoms with Crippen LogP contribution in [-0.4, -0.2) is 13.1 Å². The number of carbonyl (C=O) groups excluding carboxylic acids is 1. The Bertz CT molecular complexity index is 405. The number of hydrogen-bond acceptors (Lipinski definition) is 2. The molecule has 0 N–H and O–H groups in total. The second-order valence-corrected chi connectivity index (χ2v) is 2.21. The molecule has 0 spiro atoms. The van der Waals surface area contributed by atoms with Crippen LogP contribution in [-0.2, 0) is 71.0 Å². The predicted octanol–water partition coefficient (Wildman–Crippen LogP) is 1.53. The van der Waals surface area contributed by atoms with Crippen molar-refractivity contribution < 1.29 is 71.0 Å². The molecule has 0 aromatic carbocycles. The minimum atomic E-state index is -0.377. The van der Waals surface area contributed by atoms with E-state index in [-0.39, 0.29) is 39.5 Å². The summed E-state index contributed by atoms with van der Waals surface area (Å²) >= 11 is 0. The summed E-state index contributed by atoms with van der Waals surface area (Å²) in [6.07, 6.45) is 12.7. The average molecular weight is 475 g/mol. The Morgan fingerprint density at radius 3 is 1.18 bits per heavy atom. The molecule has 0 amide bonds. The van der Waals surface area contributed by atoms with Gasteiger partial charge in [0.1, 0.15) is 0 Å². The van der Waals surface area contributed by atoms with Crippen molar-refractivity contribution in [3.05, 3.63) is 84.2 Å². The van der Waals surface area contributed by atoms with E-state index in [1.54, 1.807) is 6.92 Å². The van der Waals surface area contributed by atoms with E-state index in [1.165, 1.54) is 19.3 Å². The smallest absolute Gasteiger partial charge is 0 e. The molecule has 0 aromatic rings. The van der Waals surface area contributed by atoms with Gasteiger partial charge >= 0.3 is 73.8 Å². The van der Waals surface area contributed by atoms with Crippen LogP contribution in [0.5, 0.6) is 0 Å². The van der Waals surface area contributed by atoms with Crippen molar-refractivity contribution >= 4 is 5.97 Å². The molecule has 1 aliphatic rings. The van der Waals surface area contributed by atoms with Crippen LogP contribution >= 0.6 is 0 Å². The molecule has 0 aliphatic heterocycles. The van der Waals surface area contributed by atoms with Gasteiger partial charge in [0.25, 0.3) is 0 Å². The van der Waals surface area contributed by atoms with Crippen LogP contribution in [0, 0.1) is 83.8 Å². The van der Waals surface area contributed by atoms with E-state index in [9.17, 15) is 4.79 Å². The Kier molecular flexibility index (Phi) is 236. The fourth-order valence-electron chi connectivity index (χ4n) is 0.582. The third kappa shape index (κ3) is 125. The second kappa shape index (κ2) is 117. The topological polar surface area (TPSA) is 146 Å². The molecule has 0 aromatic heterocycles. The molecular weight excluding hydrogens is 462 g/mol. The van der Waals surface area contributed by atoms with Gasteiger partial charge in [-0.25, -0.2) is 4.79 Å². The van der Waals surface area contributed by atoms with E-state index < -0.39 is 0 Å². The average Bonchev–Trinajstić information content (AvgIpc) is 3.37. The number of hydrogen-bond donors (Lipinski definition) is 0. The van der Waals surface area contributed by atoms with Crippen LogP contribution in [0.25, 0.3) is 0 Å². The van der Waals surface area contributed by atoms with Crippen molar-refractivity contribution in [1.82, 2.24) is 0 Å². The van der Waals surface area contributed by atoms with Crippen molar-refractivity contribution in [1.29, 1.82) is 0 Å². The number of esters is 1. The number of allylic oxidation sites excluding steroid dienone is 1. The molecule has 1 fully saturated rings. The summed E-state index contributed by atoms with van der Waals surface area (Å²) in [7, 11) is 1.33. The Morgan fingerprint density at radius 2 is 1.00 bits per heavy atom. The summed E-state index contributed by atoms with van der Waals surface area (Å²) in [6.45, 7) is 28.7. The normalized spacial score (nSPS) is 7.36. The molecule has 0 saturated heterocycles. The first-order valence-electron chi connectivity index (χ1n) is 5.37. The van der Waals surface area contributed by atoms with Crippen LogP contribution in [0.15, 0.2) is 12.2 Å². The SMILES string of the molecule is CC#C/C=C/C(=O)OC.[C-]#[O+].[C-]#[O+].[C-]#[O+].[C-]#[O+].[C-]#[O+].[C-]#[O+].[CH]1[CH][CH][CH][CH]1.[Co].[Co]. The first kappa shape index (κ1) is 56.2. The molecule has 8 nitrogen and oxygen atoms in total. The zero-order valence-corrected chi connectivity index (χ0v) is 16.6. The molecule has 0 unspecified atom stereocenters. The summed E-state index contributed by atoms with van der Waals surface area (Å²) in [5.41, 5.74) is 0. The van der Waals surface area contributed by atoms with Gasteiger partial charge in [-0.1, -0.05) is 5.92 Å². The minimum absolute atomic E-state index is 0. The molecule has 0 bridgehead atoms. The van der Waals surface area contributed by atoms with Crippen molar-refractivity contribution in [2.45, 2.75) is 6.92 Å². The Morgan fingerprint density at radius 1 is 0.750 bits per heavy atom. The van der Waals surface area contributed by atoms with Gasteiger partial charge in [-0.2, -0.15) is 0 Å². The van der Waals surface area contributed by atoms with E-state index in [4.69, 9.17) is 27.9 Å². The van der Waals surface area contributed by atoms with Gasteiger partial charge in [0, 0.05) is 39.6 Å². The molecule has 10 heteroatoms. The van der Waals surface area contributed by atoms with Crippen LogP contribution in [0.4, 0.5) is 0 Å². The molecule has 1 aliphatic carbocycles. The quantitative estimate of drug-likeness (QED) is 0.186. The van der Waals surface area contributed by atoms with E-state index in [2.05, 4.69) is 56.5 Å². The third-order valence-electron chi connectivity index (χ3n) is 1.20. The summed E-state index contributed by atoms with van der Waals surface area (Å²) < 4.78 is 49.3. The number of rotatable bonds is 1. The summed E-state index contributed by atoms with van der Waals surface area (Å²) in [6, 6.07) is 0. The molecule has 0 heterocycles. The molecule has 151 valence electrons. The van der Waals surface area contributed by atoms with Gasteiger partial charge < -0.3 is 4.74 Å². The standard InChI is InChI=1S/C7H8O2.C5H5.6CO.2Co/c1-3-4-5-6-7(8)9-2;1-2-4-5-3-1;6*1-2;;/h5-6H,1-2H3;1-5H;;;;;;;;/b6-5+;;;;;;;;;. The van der Waals surface area contributed by atoms with Crippen molar-refractivity contribution in [2.24, 2.45) is 0 Å². The summed E-state index contributed by atoms with van der Waals surface area (Å²) in [5, 5.41) is 0. The Balaban J connectivity index is -0.0000000236. The molecule has 7 radical (unpaired) electrons. The molecular formula is C18H13Co2O8. The van der Waals surface area contributed by atoms with Crippen LogP contribution in [0.2, 0.25) is 0 Å². The largest absolute Gasteiger partial charge is 0.0312 e. The zero-order valence-electron chi connectivity index (χ0n) is 14.5. The summed E-state index contributed by atoms with van der Waals surface area (Å²) in [4.78, 5) is 10.3. The number of ether oxygens (including phenoxy) is 1. The maximum absolute atomic E-state index is 10.3. The van der Waals surface area contributed by atoms with E-state index >= 15 is 0 Å². The van der Waals surface area contributed by atoms with Gasteiger partial charge in [-0.3, -0.25) is 0 Å². The molecule has 1 saturated carbocycles. The van der Waals surface area contributed by atoms with Crippen molar-refractivity contribution in [3.63, 3.8) is 0 Å². The number of methoxy groups -OCH3 is 1. The monoisotopic (exact) mass is 475 g/mol. The van der Waals surface area contributed by atoms with E-state index in [0.717, 1.165) is 0 Å². The van der Waals surface area contributed by atoms with Gasteiger partial charge in [-0.05, 0) is 45.1 Å². The van der Waals surface area contributed by atoms with Crippen LogP contribution in [0.3, 0.4) is 0 Å². The minimum Gasteiger partial charge on any atom is -0.0312 e. The van der Waals surface area contributed by atoms with E-state index in [0.29, 0.717) is 0 Å². The third-order valence-corrected chi connectivity index (χ3v) is 1.20. The van der Waals surface area contributed by atoms with Crippen LogP contribution < -0.4 is 0 Å². The second-order valence-electron chi connectivity index (χ2n) is 2.21. The Hall–Kier alpha value is -1.78. The molecule has 1 rings (SSSR count). The van der Waals surface area contributed by atoms with Gasteiger partial charge in [0.05, 0.1) is 7.11 Å². The van der Waals surface area contributed by atoms with Gasteiger partial charge in [0.2, 0.25) is 0 Å². The maximum atomic E-state index is 10.3. The fourth-order valence-corrected chi connectivity index (χ4v) is 0.582. The predicted molar refractivity (Wildman–Crippen MR) is 79.7 cm³/mol. The van der Waals surface area contributed by atoms with Gasteiger partial charge in [0.15, 0.2) is 0 Å². The molecule has 28 heavy (non-hydrogen) atoms. The first-order chi connectivity index (χ1) is 12.8. The summed E-state index contributed by atoms with van der Waals surface area (Å²) in [5.74, 6) is 4.81. The van der Waals surface area contributed by atoms with Crippen molar-refractivity contribution in [2.75, 3.05) is 7.11 Å². The fraction of sp³-hybridized carbons (Fsp3) is 0.111. The van der Waals surface area contributed by atoms with Crippen molar-refractivity contribution in [3.8, 4) is 11.8 Å². The van der Waals surface area contributed by atoms with Gasteiger partial charge in [-0.15, -0.1) is 5.92 Å². The zero-order chi connectivity index (χ0) is 22.6.